The molecule has 0 amide bonds. The van der Waals surface area contributed by atoms with E-state index in [9.17, 15) is 0 Å². The van der Waals surface area contributed by atoms with Gasteiger partial charge < -0.3 is 19.9 Å². The Labute approximate surface area is 135 Å². The van der Waals surface area contributed by atoms with Gasteiger partial charge in [-0.05, 0) is 13.3 Å². The number of hydrogen-bond acceptors (Lipinski definition) is 7. The average Bonchev–Trinajstić information content (AvgIpc) is 3.10. The Balaban J connectivity index is 1.93. The van der Waals surface area contributed by atoms with Gasteiger partial charge in [0, 0.05) is 13.0 Å². The Kier molecular flexibility index (Phi) is 4.63. The van der Waals surface area contributed by atoms with Crippen molar-refractivity contribution in [2.45, 2.75) is 51.5 Å². The van der Waals surface area contributed by atoms with E-state index in [4.69, 9.17) is 19.9 Å². The van der Waals surface area contributed by atoms with Gasteiger partial charge in [0.25, 0.3) is 0 Å². The van der Waals surface area contributed by atoms with E-state index < -0.39 is 0 Å². The Morgan fingerprint density at radius 2 is 2.26 bits per heavy atom. The van der Waals surface area contributed by atoms with Crippen molar-refractivity contribution in [1.82, 2.24) is 19.5 Å². The number of imidazole rings is 1. The molecule has 3 unspecified atom stereocenters. The highest BCUT2D eigenvalue weighted by molar-refractivity contribution is 5.77. The highest BCUT2D eigenvalue weighted by Crippen LogP contribution is 2.34. The molecule has 2 N–H and O–H groups in total. The molecule has 8 heteroatoms. The molecule has 1 aliphatic rings. The molecule has 1 saturated heterocycles. The summed E-state index contributed by atoms with van der Waals surface area (Å²) in [5.74, 6) is 0.506. The maximum absolute atomic E-state index is 6.03. The second-order valence-electron chi connectivity index (χ2n) is 5.75. The van der Waals surface area contributed by atoms with Gasteiger partial charge in [0.2, 0.25) is 11.8 Å². The molecule has 2 aromatic heterocycles. The molecule has 0 aliphatic carbocycles. The van der Waals surface area contributed by atoms with Crippen molar-refractivity contribution in [2.24, 2.45) is 0 Å². The number of nitrogen functional groups attached to an aromatic ring is 1. The van der Waals surface area contributed by atoms with Crippen molar-refractivity contribution in [3.63, 3.8) is 0 Å². The van der Waals surface area contributed by atoms with Crippen molar-refractivity contribution < 1.29 is 14.2 Å². The summed E-state index contributed by atoms with van der Waals surface area (Å²) >= 11 is 0. The van der Waals surface area contributed by atoms with E-state index in [1.165, 1.54) is 7.11 Å². The molecule has 3 heterocycles. The first-order valence-electron chi connectivity index (χ1n) is 7.95. The minimum atomic E-state index is -0.272. The molecule has 1 fully saturated rings. The lowest BCUT2D eigenvalue weighted by Crippen LogP contribution is -2.23. The van der Waals surface area contributed by atoms with E-state index in [2.05, 4.69) is 21.9 Å². The van der Waals surface area contributed by atoms with E-state index in [1.807, 2.05) is 11.5 Å². The number of hydrogen-bond donors (Lipinski definition) is 1. The Bertz CT molecular complexity index is 674. The molecule has 0 radical (unpaired) electrons. The molecule has 3 atom stereocenters. The van der Waals surface area contributed by atoms with Crippen LogP contribution in [0, 0.1) is 0 Å². The fourth-order valence-electron chi connectivity index (χ4n) is 2.83. The largest absolute Gasteiger partial charge is 0.479 e. The lowest BCUT2D eigenvalue weighted by molar-refractivity contribution is -0.0583. The number of nitrogens with two attached hydrogens (primary N) is 1. The van der Waals surface area contributed by atoms with E-state index in [-0.39, 0.29) is 24.4 Å². The lowest BCUT2D eigenvalue weighted by Gasteiger charge is -2.20. The number of rotatable bonds is 6. The standard InChI is InChI=1S/C15H23N5O3/c1-4-5-6-22-10-7-9(2)23-14(10)20-8-17-11-12(20)18-15(16)19-13(11)21-3/h8-10,14H,4-7H2,1-3H3,(H2,16,18,19). The fourth-order valence-corrected chi connectivity index (χ4v) is 2.83. The van der Waals surface area contributed by atoms with Gasteiger partial charge >= 0.3 is 0 Å². The zero-order valence-corrected chi connectivity index (χ0v) is 13.7. The Morgan fingerprint density at radius 1 is 1.43 bits per heavy atom. The maximum Gasteiger partial charge on any atom is 0.246 e. The summed E-state index contributed by atoms with van der Waals surface area (Å²) in [4.78, 5) is 12.7. The van der Waals surface area contributed by atoms with Gasteiger partial charge in [0.15, 0.2) is 17.4 Å². The summed E-state index contributed by atoms with van der Waals surface area (Å²) in [6.07, 6.45) is 4.46. The first kappa shape index (κ1) is 15.9. The van der Waals surface area contributed by atoms with E-state index in [0.717, 1.165) is 25.9 Å². The third kappa shape index (κ3) is 3.09. The number of anilines is 1. The number of ether oxygens (including phenoxy) is 3. The summed E-state index contributed by atoms with van der Waals surface area (Å²) in [5, 5.41) is 0. The van der Waals surface area contributed by atoms with Crippen LogP contribution in [0.5, 0.6) is 5.88 Å². The van der Waals surface area contributed by atoms with Crippen molar-refractivity contribution >= 4 is 17.1 Å². The lowest BCUT2D eigenvalue weighted by atomic mass is 10.2. The Hall–Kier alpha value is -1.93. The van der Waals surface area contributed by atoms with Crippen LogP contribution >= 0.6 is 0 Å². The van der Waals surface area contributed by atoms with Crippen LogP contribution in [0.25, 0.3) is 11.2 Å². The predicted octanol–water partition coefficient (Wildman–Crippen LogP) is 1.91. The van der Waals surface area contributed by atoms with Crippen molar-refractivity contribution in [2.75, 3.05) is 19.5 Å². The molecule has 0 aromatic carbocycles. The van der Waals surface area contributed by atoms with Crippen molar-refractivity contribution in [1.29, 1.82) is 0 Å². The third-order valence-corrected chi connectivity index (χ3v) is 3.96. The van der Waals surface area contributed by atoms with Crippen molar-refractivity contribution in [3.8, 4) is 5.88 Å². The highest BCUT2D eigenvalue weighted by Gasteiger charge is 2.36. The van der Waals surface area contributed by atoms with E-state index in [1.54, 1.807) is 6.33 Å². The molecule has 2 aromatic rings. The van der Waals surface area contributed by atoms with Gasteiger partial charge in [-0.25, -0.2) is 4.98 Å². The van der Waals surface area contributed by atoms with Crippen LogP contribution in [0.4, 0.5) is 5.95 Å². The summed E-state index contributed by atoms with van der Waals surface area (Å²) in [5.41, 5.74) is 6.93. The monoisotopic (exact) mass is 321 g/mol. The summed E-state index contributed by atoms with van der Waals surface area (Å²) in [6.45, 7) is 4.91. The van der Waals surface area contributed by atoms with E-state index in [0.29, 0.717) is 17.0 Å². The minimum absolute atomic E-state index is 0.0314. The van der Waals surface area contributed by atoms with Crippen LogP contribution in [0.1, 0.15) is 39.3 Å². The summed E-state index contributed by atoms with van der Waals surface area (Å²) < 4.78 is 19.1. The van der Waals surface area contributed by atoms with Gasteiger partial charge in [0.1, 0.15) is 6.10 Å². The second-order valence-corrected chi connectivity index (χ2v) is 5.75. The number of methoxy groups -OCH3 is 1. The zero-order chi connectivity index (χ0) is 16.4. The zero-order valence-electron chi connectivity index (χ0n) is 13.7. The molecule has 23 heavy (non-hydrogen) atoms. The number of aromatic nitrogens is 4. The van der Waals surface area contributed by atoms with Crippen LogP contribution in [0.2, 0.25) is 0 Å². The van der Waals surface area contributed by atoms with Crippen molar-refractivity contribution in [3.05, 3.63) is 6.33 Å². The molecular formula is C15H23N5O3. The fraction of sp³-hybridized carbons (Fsp3) is 0.667. The van der Waals surface area contributed by atoms with Gasteiger partial charge in [-0.15, -0.1) is 0 Å². The maximum atomic E-state index is 6.03. The third-order valence-electron chi connectivity index (χ3n) is 3.96. The summed E-state index contributed by atoms with van der Waals surface area (Å²) in [6, 6.07) is 0. The van der Waals surface area contributed by atoms with Gasteiger partial charge in [0.05, 0.1) is 19.5 Å². The van der Waals surface area contributed by atoms with Crippen LogP contribution < -0.4 is 10.5 Å². The minimum Gasteiger partial charge on any atom is -0.479 e. The number of fused-ring (bicyclic) bond motifs is 1. The first-order chi connectivity index (χ1) is 11.1. The molecule has 1 aliphatic heterocycles. The van der Waals surface area contributed by atoms with Crippen LogP contribution in [0.15, 0.2) is 6.33 Å². The Morgan fingerprint density at radius 3 is 3.00 bits per heavy atom. The predicted molar refractivity (Wildman–Crippen MR) is 85.1 cm³/mol. The first-order valence-corrected chi connectivity index (χ1v) is 7.95. The molecule has 0 saturated carbocycles. The average molecular weight is 321 g/mol. The molecule has 3 rings (SSSR count). The molecule has 0 spiro atoms. The molecule has 126 valence electrons. The van der Waals surface area contributed by atoms with Crippen LogP contribution in [0.3, 0.4) is 0 Å². The SMILES string of the molecule is CCCCOC1CC(C)OC1n1cnc2c(OC)nc(N)nc21. The van der Waals surface area contributed by atoms with Crippen LogP contribution in [-0.2, 0) is 9.47 Å². The van der Waals surface area contributed by atoms with E-state index >= 15 is 0 Å². The van der Waals surface area contributed by atoms with Gasteiger partial charge in [-0.2, -0.15) is 9.97 Å². The quantitative estimate of drug-likeness (QED) is 0.812. The summed E-state index contributed by atoms with van der Waals surface area (Å²) in [7, 11) is 1.53. The molecule has 8 nitrogen and oxygen atoms in total. The van der Waals surface area contributed by atoms with Gasteiger partial charge in [-0.3, -0.25) is 4.57 Å². The topological polar surface area (TPSA) is 97.3 Å². The highest BCUT2D eigenvalue weighted by atomic mass is 16.6. The molecule has 0 bridgehead atoms. The van der Waals surface area contributed by atoms with Gasteiger partial charge in [-0.1, -0.05) is 13.3 Å². The normalized spacial score (nSPS) is 24.4. The smallest absolute Gasteiger partial charge is 0.246 e. The van der Waals surface area contributed by atoms with Crippen LogP contribution in [-0.4, -0.2) is 45.4 Å². The molecular weight excluding hydrogens is 298 g/mol. The second kappa shape index (κ2) is 6.67. The number of nitrogens with zero attached hydrogens (tertiary/aromatic N) is 4. The number of unbranched alkanes of at least 4 members (excludes halogenated alkanes) is 1.